The van der Waals surface area contributed by atoms with Gasteiger partial charge in [-0.2, -0.15) is 0 Å². The van der Waals surface area contributed by atoms with Crippen LogP contribution in [-0.2, 0) is 6.42 Å². The lowest BCUT2D eigenvalue weighted by Crippen LogP contribution is -2.32. The lowest BCUT2D eigenvalue weighted by Gasteiger charge is -2.09. The number of pyridine rings is 3. The molecule has 3 aromatic heterocycles. The Labute approximate surface area is 147 Å². The van der Waals surface area contributed by atoms with Crippen LogP contribution in [0.25, 0.3) is 17.1 Å². The molecule has 0 aliphatic heterocycles. The fraction of sp³-hybridized carbons (Fsp3) is 0.0455. The van der Waals surface area contributed by atoms with Crippen molar-refractivity contribution >= 4 is 0 Å². The summed E-state index contributed by atoms with van der Waals surface area (Å²) in [6, 6.07) is 24.5. The van der Waals surface area contributed by atoms with Crippen molar-refractivity contribution in [1.82, 2.24) is 9.97 Å². The fourth-order valence-electron chi connectivity index (χ4n) is 2.80. The van der Waals surface area contributed by atoms with Crippen molar-refractivity contribution in [2.75, 3.05) is 0 Å². The van der Waals surface area contributed by atoms with Crippen LogP contribution in [0.2, 0.25) is 0 Å². The first-order chi connectivity index (χ1) is 12.4. The maximum absolute atomic E-state index is 4.43. The molecule has 0 N–H and O–H groups in total. The predicted molar refractivity (Wildman–Crippen MR) is 97.1 cm³/mol. The maximum atomic E-state index is 4.43. The summed E-state index contributed by atoms with van der Waals surface area (Å²) in [6.07, 6.45) is 9.80. The third-order valence-corrected chi connectivity index (χ3v) is 3.97. The minimum atomic E-state index is 0.814. The van der Waals surface area contributed by atoms with Gasteiger partial charge in [0.05, 0.1) is 5.69 Å². The van der Waals surface area contributed by atoms with E-state index in [-0.39, 0.29) is 0 Å². The summed E-state index contributed by atoms with van der Waals surface area (Å²) < 4.78 is 1.93. The molecule has 25 heavy (non-hydrogen) atoms. The highest BCUT2D eigenvalue weighted by Crippen LogP contribution is 2.19. The van der Waals surface area contributed by atoms with Crippen molar-refractivity contribution in [2.24, 2.45) is 0 Å². The summed E-state index contributed by atoms with van der Waals surface area (Å²) in [4.78, 5) is 8.81. The van der Waals surface area contributed by atoms with Crippen LogP contribution in [0.1, 0.15) is 11.1 Å². The zero-order chi connectivity index (χ0) is 16.9. The monoisotopic (exact) mass is 323 g/mol. The summed E-state index contributed by atoms with van der Waals surface area (Å²) in [5, 5.41) is 0. The van der Waals surface area contributed by atoms with E-state index >= 15 is 0 Å². The second-order valence-electron chi connectivity index (χ2n) is 5.80. The quantitative estimate of drug-likeness (QED) is 0.422. The van der Waals surface area contributed by atoms with E-state index in [9.17, 15) is 0 Å². The van der Waals surface area contributed by atoms with Gasteiger partial charge in [0.25, 0.3) is 0 Å². The van der Waals surface area contributed by atoms with Gasteiger partial charge in [0.1, 0.15) is 6.20 Å². The van der Waals surface area contributed by atoms with Crippen LogP contribution >= 0.6 is 0 Å². The molecule has 4 aromatic rings. The molecule has 0 radical (unpaired) electrons. The molecule has 3 heteroatoms. The van der Waals surface area contributed by atoms with Crippen LogP contribution in [0, 0.1) is 6.20 Å². The molecule has 0 saturated carbocycles. The Morgan fingerprint density at radius 2 is 1.68 bits per heavy atom. The molecule has 0 fully saturated rings. The summed E-state index contributed by atoms with van der Waals surface area (Å²) in [5.74, 6) is 0.867. The first-order valence-corrected chi connectivity index (χ1v) is 8.23. The van der Waals surface area contributed by atoms with E-state index in [4.69, 9.17) is 0 Å². The van der Waals surface area contributed by atoms with Crippen LogP contribution in [0.3, 0.4) is 0 Å². The van der Waals surface area contributed by atoms with Crippen molar-refractivity contribution in [2.45, 2.75) is 6.42 Å². The molecule has 3 nitrogen and oxygen atoms in total. The van der Waals surface area contributed by atoms with E-state index in [2.05, 4.69) is 46.5 Å². The molecule has 0 bridgehead atoms. The van der Waals surface area contributed by atoms with E-state index in [0.29, 0.717) is 0 Å². The van der Waals surface area contributed by atoms with Gasteiger partial charge in [0.15, 0.2) is 0 Å². The lowest BCUT2D eigenvalue weighted by atomic mass is 10.0. The van der Waals surface area contributed by atoms with Gasteiger partial charge in [-0.05, 0) is 42.3 Å². The zero-order valence-electron chi connectivity index (χ0n) is 13.7. The average Bonchev–Trinajstić information content (AvgIpc) is 2.70. The molecular weight excluding hydrogens is 306 g/mol. The van der Waals surface area contributed by atoms with Crippen LogP contribution in [0.4, 0.5) is 0 Å². The second kappa shape index (κ2) is 7.05. The van der Waals surface area contributed by atoms with Gasteiger partial charge in [-0.25, -0.2) is 0 Å². The Morgan fingerprint density at radius 1 is 0.800 bits per heavy atom. The Kier molecular flexibility index (Phi) is 4.29. The standard InChI is InChI=1S/C22H17N3/c1-3-12-23-21(10-1)20-9-5-7-18(16-20)15-19-8-6-14-25(17-19)22-11-2-4-13-24-22/h1-14,16H,15H2. The number of rotatable bonds is 4. The van der Waals surface area contributed by atoms with Gasteiger partial charge in [0, 0.05) is 24.2 Å². The van der Waals surface area contributed by atoms with Crippen molar-refractivity contribution in [3.05, 3.63) is 109 Å². The van der Waals surface area contributed by atoms with Crippen molar-refractivity contribution < 1.29 is 4.57 Å². The Hall–Kier alpha value is -3.33. The summed E-state index contributed by atoms with van der Waals surface area (Å²) in [6.45, 7) is 0. The van der Waals surface area contributed by atoms with E-state index in [1.54, 1.807) is 6.20 Å². The minimum Gasteiger partial charge on any atom is -0.321 e. The molecule has 4 rings (SSSR count). The average molecular weight is 323 g/mol. The van der Waals surface area contributed by atoms with Crippen LogP contribution < -0.4 is 4.57 Å². The van der Waals surface area contributed by atoms with Crippen molar-refractivity contribution in [3.63, 3.8) is 0 Å². The molecular formula is C22H17N3. The highest BCUT2D eigenvalue weighted by molar-refractivity contribution is 5.59. The van der Waals surface area contributed by atoms with Crippen molar-refractivity contribution in [3.8, 4) is 17.1 Å². The normalized spacial score (nSPS) is 10.6. The highest BCUT2D eigenvalue weighted by Gasteiger charge is 2.03. The second-order valence-corrected chi connectivity index (χ2v) is 5.80. The van der Waals surface area contributed by atoms with E-state index in [1.807, 2.05) is 59.4 Å². The topological polar surface area (TPSA) is 29.7 Å². The molecule has 0 aliphatic carbocycles. The smallest absolute Gasteiger partial charge is 0.247 e. The van der Waals surface area contributed by atoms with Gasteiger partial charge in [-0.1, -0.05) is 40.9 Å². The largest absolute Gasteiger partial charge is 0.321 e. The third kappa shape index (κ3) is 3.61. The number of aromatic nitrogens is 3. The van der Waals surface area contributed by atoms with E-state index in [0.717, 1.165) is 29.1 Å². The SMILES string of the molecule is [c-]1c(Cc2cccc(-c3ccccn3)c2)ccc[n+]1-c1ccccn1. The fourth-order valence-corrected chi connectivity index (χ4v) is 2.80. The number of hydrogen-bond acceptors (Lipinski definition) is 2. The van der Waals surface area contributed by atoms with Gasteiger partial charge in [0.2, 0.25) is 5.82 Å². The zero-order valence-corrected chi connectivity index (χ0v) is 13.7. The van der Waals surface area contributed by atoms with Gasteiger partial charge in [-0.3, -0.25) is 4.98 Å². The van der Waals surface area contributed by atoms with Crippen LogP contribution in [0.5, 0.6) is 0 Å². The summed E-state index contributed by atoms with van der Waals surface area (Å²) >= 11 is 0. The first kappa shape index (κ1) is 15.2. The molecule has 0 aliphatic rings. The molecule has 1 aromatic carbocycles. The third-order valence-electron chi connectivity index (χ3n) is 3.97. The molecule has 0 spiro atoms. The van der Waals surface area contributed by atoms with E-state index < -0.39 is 0 Å². The molecule has 0 saturated heterocycles. The van der Waals surface area contributed by atoms with Gasteiger partial charge in [-0.15, -0.1) is 12.1 Å². The predicted octanol–water partition coefficient (Wildman–Crippen LogP) is 3.81. The Morgan fingerprint density at radius 3 is 2.48 bits per heavy atom. The molecule has 0 amide bonds. The Bertz CT molecular complexity index is 885. The molecule has 3 heterocycles. The number of hydrogen-bond donors (Lipinski definition) is 0. The van der Waals surface area contributed by atoms with Crippen molar-refractivity contribution in [1.29, 1.82) is 0 Å². The van der Waals surface area contributed by atoms with Gasteiger partial charge >= 0.3 is 0 Å². The summed E-state index contributed by atoms with van der Waals surface area (Å²) in [7, 11) is 0. The number of benzene rings is 1. The van der Waals surface area contributed by atoms with E-state index in [1.165, 1.54) is 5.56 Å². The Balaban J connectivity index is 1.61. The number of nitrogens with zero attached hydrogens (tertiary/aromatic N) is 3. The maximum Gasteiger partial charge on any atom is 0.247 e. The van der Waals surface area contributed by atoms with Crippen LogP contribution in [0.15, 0.2) is 91.4 Å². The molecule has 120 valence electrons. The summed E-state index contributed by atoms with van der Waals surface area (Å²) in [5.41, 5.74) is 4.47. The van der Waals surface area contributed by atoms with Crippen LogP contribution in [-0.4, -0.2) is 9.97 Å². The molecule has 0 unspecified atom stereocenters. The lowest BCUT2D eigenvalue weighted by molar-refractivity contribution is -0.604. The highest BCUT2D eigenvalue weighted by atomic mass is 15.0. The molecule has 0 atom stereocenters. The first-order valence-electron chi connectivity index (χ1n) is 8.23. The van der Waals surface area contributed by atoms with Gasteiger partial charge < -0.3 is 4.57 Å². The minimum absolute atomic E-state index is 0.814.